The molecule has 0 aliphatic heterocycles. The van der Waals surface area contributed by atoms with Gasteiger partial charge in [0.15, 0.2) is 0 Å². The van der Waals surface area contributed by atoms with E-state index in [1.807, 2.05) is 36.4 Å². The minimum absolute atomic E-state index is 0.130. The number of aliphatic hydroxyl groups excluding tert-OH is 1. The number of phosphoric ester groups is 1. The minimum Gasteiger partial charge on any atom is -0.456 e. The van der Waals surface area contributed by atoms with Crippen molar-refractivity contribution in [1.29, 1.82) is 0 Å². The predicted molar refractivity (Wildman–Crippen MR) is 139 cm³/mol. The van der Waals surface area contributed by atoms with Crippen molar-refractivity contribution < 1.29 is 28.4 Å². The van der Waals surface area contributed by atoms with Crippen molar-refractivity contribution in [1.82, 2.24) is 0 Å². The second kappa shape index (κ2) is 10.9. The van der Waals surface area contributed by atoms with Crippen molar-refractivity contribution in [2.45, 2.75) is 24.8 Å². The fraction of sp³-hybridized carbons (Fsp3) is 0.222. The zero-order chi connectivity index (χ0) is 25.8. The second-order valence-electron chi connectivity index (χ2n) is 8.89. The lowest BCUT2D eigenvalue weighted by Crippen LogP contribution is -2.48. The van der Waals surface area contributed by atoms with Gasteiger partial charge in [0.25, 0.3) is 0 Å². The van der Waals surface area contributed by atoms with Crippen LogP contribution in [-0.4, -0.2) is 33.6 Å². The molecule has 0 saturated heterocycles. The van der Waals surface area contributed by atoms with Gasteiger partial charge in [0.05, 0.1) is 29.5 Å². The average molecular weight is 509 g/mol. The Labute approximate surface area is 207 Å². The quantitative estimate of drug-likeness (QED) is 0.186. The average Bonchev–Trinajstić information content (AvgIpc) is 2.87. The first-order chi connectivity index (χ1) is 17.2. The molecular formula is C27H28NO7P. The Balaban J connectivity index is 1.53. The molecule has 9 heteroatoms. The first kappa shape index (κ1) is 26.0. The zero-order valence-electron chi connectivity index (χ0n) is 19.5. The Hall–Kier alpha value is -3.10. The molecule has 1 heterocycles. The number of nitrogens with two attached hydrogens (primary N) is 1. The monoisotopic (exact) mass is 509 g/mol. The fourth-order valence-corrected chi connectivity index (χ4v) is 4.35. The first-order valence-corrected chi connectivity index (χ1v) is 13.0. The van der Waals surface area contributed by atoms with Gasteiger partial charge in [-0.25, -0.2) is 4.57 Å². The van der Waals surface area contributed by atoms with Gasteiger partial charge < -0.3 is 25.0 Å². The lowest BCUT2D eigenvalue weighted by atomic mass is 9.93. The van der Waals surface area contributed by atoms with Crippen LogP contribution < -0.4 is 11.2 Å². The molecule has 0 fully saturated rings. The number of rotatable bonds is 10. The summed E-state index contributed by atoms with van der Waals surface area (Å²) in [6.45, 7) is -1.01. The standard InChI is InChI=1S/C27H28NO7P/c28-27(17-29,18-34-36(31,32)33)14-13-21-9-11-22-25(16-21)35-24-12-10-20(15-23(24)26(22)30)8-4-7-19-5-2-1-3-6-19/h1-6,8-12,15-16,29H,7,13-14,17-18,28H2,(H2,31,32,33)/b8-4+. The molecule has 1 unspecified atom stereocenters. The Bertz CT molecular complexity index is 1490. The van der Waals surface area contributed by atoms with E-state index in [4.69, 9.17) is 19.9 Å². The summed E-state index contributed by atoms with van der Waals surface area (Å²) in [7, 11) is -4.70. The molecule has 8 nitrogen and oxygen atoms in total. The third kappa shape index (κ3) is 6.56. The molecule has 0 bridgehead atoms. The lowest BCUT2D eigenvalue weighted by Gasteiger charge is -2.27. The zero-order valence-corrected chi connectivity index (χ0v) is 20.4. The maximum absolute atomic E-state index is 13.2. The molecule has 0 spiro atoms. The van der Waals surface area contributed by atoms with Crippen LogP contribution in [0.25, 0.3) is 28.0 Å². The maximum atomic E-state index is 13.2. The number of hydrogen-bond acceptors (Lipinski definition) is 6. The number of hydrogen-bond donors (Lipinski definition) is 4. The molecule has 36 heavy (non-hydrogen) atoms. The Kier molecular flexibility index (Phi) is 7.85. The number of aliphatic hydroxyl groups is 1. The van der Waals surface area contributed by atoms with Gasteiger partial charge in [-0.05, 0) is 60.2 Å². The van der Waals surface area contributed by atoms with Gasteiger partial charge in [-0.2, -0.15) is 0 Å². The van der Waals surface area contributed by atoms with E-state index in [-0.39, 0.29) is 11.8 Å². The van der Waals surface area contributed by atoms with Gasteiger partial charge >= 0.3 is 7.82 Å². The molecular weight excluding hydrogens is 481 g/mol. The molecule has 5 N–H and O–H groups in total. The molecule has 188 valence electrons. The summed E-state index contributed by atoms with van der Waals surface area (Å²) in [6.07, 6.45) is 5.41. The van der Waals surface area contributed by atoms with Crippen LogP contribution in [0.4, 0.5) is 0 Å². The highest BCUT2D eigenvalue weighted by molar-refractivity contribution is 7.46. The van der Waals surface area contributed by atoms with Gasteiger partial charge in [0, 0.05) is 0 Å². The molecule has 1 aromatic heterocycles. The summed E-state index contributed by atoms with van der Waals surface area (Å²) >= 11 is 0. The summed E-state index contributed by atoms with van der Waals surface area (Å²) in [5.74, 6) is 0. The van der Waals surface area contributed by atoms with E-state index >= 15 is 0 Å². The van der Waals surface area contributed by atoms with Crippen molar-refractivity contribution in [3.63, 3.8) is 0 Å². The van der Waals surface area contributed by atoms with Gasteiger partial charge in [-0.3, -0.25) is 9.32 Å². The van der Waals surface area contributed by atoms with Crippen LogP contribution in [0.3, 0.4) is 0 Å². The van der Waals surface area contributed by atoms with Gasteiger partial charge in [-0.15, -0.1) is 0 Å². The van der Waals surface area contributed by atoms with Crippen LogP contribution >= 0.6 is 7.82 Å². The Morgan fingerprint density at radius 1 is 0.972 bits per heavy atom. The van der Waals surface area contributed by atoms with Crippen LogP contribution in [-0.2, 0) is 21.9 Å². The highest BCUT2D eigenvalue weighted by Crippen LogP contribution is 2.37. The Morgan fingerprint density at radius 3 is 2.47 bits per heavy atom. The summed E-state index contributed by atoms with van der Waals surface area (Å²) in [4.78, 5) is 31.0. The van der Waals surface area contributed by atoms with Crippen LogP contribution in [0.15, 0.2) is 82.0 Å². The van der Waals surface area contributed by atoms with E-state index in [1.54, 1.807) is 24.3 Å². The number of benzene rings is 3. The number of allylic oxidation sites excluding steroid dienone is 1. The van der Waals surface area contributed by atoms with Crippen LogP contribution in [0.2, 0.25) is 0 Å². The van der Waals surface area contributed by atoms with Crippen LogP contribution in [0.5, 0.6) is 0 Å². The van der Waals surface area contributed by atoms with E-state index in [9.17, 15) is 14.5 Å². The second-order valence-corrected chi connectivity index (χ2v) is 10.1. The number of phosphoric acid groups is 1. The highest BCUT2D eigenvalue weighted by Gasteiger charge is 2.28. The van der Waals surface area contributed by atoms with Crippen molar-refractivity contribution in [3.8, 4) is 0 Å². The highest BCUT2D eigenvalue weighted by atomic mass is 31.2. The normalized spacial score (nSPS) is 14.0. The number of fused-ring (bicyclic) bond motifs is 2. The topological polar surface area (TPSA) is 143 Å². The Morgan fingerprint density at radius 2 is 1.75 bits per heavy atom. The molecule has 4 aromatic rings. The molecule has 0 amide bonds. The summed E-state index contributed by atoms with van der Waals surface area (Å²) in [6, 6.07) is 20.8. The van der Waals surface area contributed by atoms with Crippen LogP contribution in [0.1, 0.15) is 23.1 Å². The molecule has 1 atom stereocenters. The van der Waals surface area contributed by atoms with E-state index < -0.39 is 26.6 Å². The molecule has 0 saturated carbocycles. The maximum Gasteiger partial charge on any atom is 0.469 e. The van der Waals surface area contributed by atoms with E-state index in [0.29, 0.717) is 28.4 Å². The predicted octanol–water partition coefficient (Wildman–Crippen LogP) is 3.93. The van der Waals surface area contributed by atoms with E-state index in [1.165, 1.54) is 5.56 Å². The number of aryl methyl sites for hydroxylation is 1. The third-order valence-electron chi connectivity index (χ3n) is 6.01. The van der Waals surface area contributed by atoms with Crippen molar-refractivity contribution >= 4 is 35.8 Å². The van der Waals surface area contributed by atoms with Gasteiger partial charge in [0.2, 0.25) is 5.43 Å². The molecule has 0 aliphatic rings. The summed E-state index contributed by atoms with van der Waals surface area (Å²) < 4.78 is 21.5. The van der Waals surface area contributed by atoms with Crippen molar-refractivity contribution in [2.24, 2.45) is 5.73 Å². The smallest absolute Gasteiger partial charge is 0.456 e. The molecule has 0 radical (unpaired) electrons. The molecule has 0 aliphatic carbocycles. The molecule has 3 aromatic carbocycles. The van der Waals surface area contributed by atoms with E-state index in [0.717, 1.165) is 17.5 Å². The van der Waals surface area contributed by atoms with E-state index in [2.05, 4.69) is 22.7 Å². The first-order valence-electron chi connectivity index (χ1n) is 11.5. The van der Waals surface area contributed by atoms with Crippen molar-refractivity contribution in [3.05, 3.63) is 99.7 Å². The fourth-order valence-electron chi connectivity index (χ4n) is 3.92. The molecule has 4 rings (SSSR count). The SMILES string of the molecule is NC(CO)(CCc1ccc2c(=O)c3cc(/C=C/Cc4ccccc4)ccc3oc2c1)COP(=O)(O)O. The largest absolute Gasteiger partial charge is 0.469 e. The third-order valence-corrected chi connectivity index (χ3v) is 6.48. The summed E-state index contributed by atoms with van der Waals surface area (Å²) in [5, 5.41) is 10.5. The van der Waals surface area contributed by atoms with Gasteiger partial charge in [-0.1, -0.05) is 54.6 Å². The van der Waals surface area contributed by atoms with Crippen molar-refractivity contribution in [2.75, 3.05) is 13.2 Å². The summed E-state index contributed by atoms with van der Waals surface area (Å²) in [5.41, 5.74) is 8.40. The minimum atomic E-state index is -4.70. The van der Waals surface area contributed by atoms with Crippen LogP contribution in [0, 0.1) is 0 Å². The van der Waals surface area contributed by atoms with Gasteiger partial charge in [0.1, 0.15) is 11.2 Å². The lowest BCUT2D eigenvalue weighted by molar-refractivity contribution is 0.102.